The van der Waals surface area contributed by atoms with Crippen LogP contribution in [0.5, 0.6) is 11.5 Å². The first-order chi connectivity index (χ1) is 16.6. The summed E-state index contributed by atoms with van der Waals surface area (Å²) in [6, 6.07) is 23.4. The van der Waals surface area contributed by atoms with Gasteiger partial charge in [-0.1, -0.05) is 17.7 Å². The van der Waals surface area contributed by atoms with Crippen molar-refractivity contribution in [1.29, 1.82) is 0 Å². The van der Waals surface area contributed by atoms with E-state index in [1.54, 1.807) is 20.4 Å². The second-order valence-electron chi connectivity index (χ2n) is 7.82. The molecule has 4 aromatic rings. The Morgan fingerprint density at radius 2 is 1.74 bits per heavy atom. The molecule has 0 unspecified atom stereocenters. The first-order valence-electron chi connectivity index (χ1n) is 10.8. The third kappa shape index (κ3) is 3.97. The van der Waals surface area contributed by atoms with Gasteiger partial charge in [-0.15, -0.1) is 0 Å². The minimum atomic E-state index is -0.177. The molecule has 5 rings (SSSR count). The standard InChI is InChI=1S/C26H23ClN4O2S/c1-32-19-11-8-17(9-12-19)30-15-5-7-22(30)25-24(21-6-3-4-14-28-21)29-26(34)31(25)18-10-13-23(33-2)20(27)16-18/h3-16,24-25H,1-2H3,(H,29,34)/t24-,25+/m0/s1. The van der Waals surface area contributed by atoms with Gasteiger partial charge in [-0.05, 0) is 78.9 Å². The predicted octanol–water partition coefficient (Wildman–Crippen LogP) is 5.72. The Kier molecular flexibility index (Phi) is 6.13. The van der Waals surface area contributed by atoms with Gasteiger partial charge in [0, 0.05) is 29.5 Å². The van der Waals surface area contributed by atoms with Crippen LogP contribution >= 0.6 is 23.8 Å². The van der Waals surface area contributed by atoms with Gasteiger partial charge in [0.25, 0.3) is 0 Å². The summed E-state index contributed by atoms with van der Waals surface area (Å²) in [4.78, 5) is 6.73. The number of thiocarbonyl (C=S) groups is 1. The maximum atomic E-state index is 6.49. The Balaban J connectivity index is 1.64. The highest BCUT2D eigenvalue weighted by Crippen LogP contribution is 2.43. The second-order valence-corrected chi connectivity index (χ2v) is 8.61. The van der Waals surface area contributed by atoms with Gasteiger partial charge in [0.2, 0.25) is 0 Å². The normalized spacial score (nSPS) is 17.5. The van der Waals surface area contributed by atoms with Gasteiger partial charge in [-0.2, -0.15) is 0 Å². The maximum Gasteiger partial charge on any atom is 0.174 e. The van der Waals surface area contributed by atoms with Crippen LogP contribution in [0.2, 0.25) is 5.02 Å². The van der Waals surface area contributed by atoms with E-state index in [4.69, 9.17) is 33.3 Å². The SMILES string of the molecule is COc1ccc(-n2cccc2[C@@H]2[C@H](c3ccccn3)NC(=S)N2c2ccc(OC)c(Cl)c2)cc1. The van der Waals surface area contributed by atoms with Gasteiger partial charge < -0.3 is 24.3 Å². The lowest BCUT2D eigenvalue weighted by molar-refractivity contribution is 0.414. The topological polar surface area (TPSA) is 51.5 Å². The van der Waals surface area contributed by atoms with Crippen molar-refractivity contribution in [2.75, 3.05) is 19.1 Å². The van der Waals surface area contributed by atoms with Crippen LogP contribution in [0.1, 0.15) is 23.5 Å². The monoisotopic (exact) mass is 490 g/mol. The molecular formula is C26H23ClN4O2S. The first-order valence-corrected chi connectivity index (χ1v) is 11.5. The van der Waals surface area contributed by atoms with Crippen molar-refractivity contribution < 1.29 is 9.47 Å². The van der Waals surface area contributed by atoms with Crippen LogP contribution < -0.4 is 19.7 Å². The van der Waals surface area contributed by atoms with E-state index >= 15 is 0 Å². The molecule has 3 heterocycles. The molecule has 2 aromatic heterocycles. The third-order valence-electron chi connectivity index (χ3n) is 5.95. The van der Waals surface area contributed by atoms with Crippen molar-refractivity contribution in [1.82, 2.24) is 14.9 Å². The number of aromatic nitrogens is 2. The van der Waals surface area contributed by atoms with Crippen LogP contribution in [0.3, 0.4) is 0 Å². The first kappa shape index (κ1) is 22.3. The fourth-order valence-corrected chi connectivity index (χ4v) is 4.95. The zero-order chi connectivity index (χ0) is 23.7. The Morgan fingerprint density at radius 1 is 0.941 bits per heavy atom. The van der Waals surface area contributed by atoms with Crippen molar-refractivity contribution in [3.63, 3.8) is 0 Å². The van der Waals surface area contributed by atoms with Crippen LogP contribution in [-0.4, -0.2) is 28.9 Å². The van der Waals surface area contributed by atoms with E-state index in [0.717, 1.165) is 28.5 Å². The number of hydrogen-bond donors (Lipinski definition) is 1. The zero-order valence-corrected chi connectivity index (χ0v) is 20.3. The number of halogens is 1. The van der Waals surface area contributed by atoms with Crippen LogP contribution in [0, 0.1) is 0 Å². The summed E-state index contributed by atoms with van der Waals surface area (Å²) in [5.41, 5.74) is 3.85. The number of methoxy groups -OCH3 is 2. The lowest BCUT2D eigenvalue weighted by Crippen LogP contribution is -2.30. The van der Waals surface area contributed by atoms with Crippen molar-refractivity contribution in [3.8, 4) is 17.2 Å². The molecule has 0 saturated carbocycles. The fraction of sp³-hybridized carbons (Fsp3) is 0.154. The highest BCUT2D eigenvalue weighted by atomic mass is 35.5. The average molecular weight is 491 g/mol. The van der Waals surface area contributed by atoms with Gasteiger partial charge >= 0.3 is 0 Å². The van der Waals surface area contributed by atoms with E-state index in [-0.39, 0.29) is 12.1 Å². The van der Waals surface area contributed by atoms with Crippen LogP contribution in [0.25, 0.3) is 5.69 Å². The largest absolute Gasteiger partial charge is 0.497 e. The van der Waals surface area contributed by atoms with Crippen LogP contribution in [-0.2, 0) is 0 Å². The van der Waals surface area contributed by atoms with Gasteiger partial charge in [-0.25, -0.2) is 0 Å². The molecule has 0 spiro atoms. The van der Waals surface area contributed by atoms with Gasteiger partial charge in [-0.3, -0.25) is 4.98 Å². The number of rotatable bonds is 6. The number of benzene rings is 2. The number of pyridine rings is 1. The third-order valence-corrected chi connectivity index (χ3v) is 6.56. The van der Waals surface area contributed by atoms with Crippen LogP contribution in [0.15, 0.2) is 85.2 Å². The van der Waals surface area contributed by atoms with E-state index in [9.17, 15) is 0 Å². The molecule has 0 radical (unpaired) electrons. The molecule has 0 bridgehead atoms. The number of ether oxygens (including phenoxy) is 2. The van der Waals surface area contributed by atoms with Crippen molar-refractivity contribution >= 4 is 34.6 Å². The van der Waals surface area contributed by atoms with E-state index in [1.807, 2.05) is 72.9 Å². The predicted molar refractivity (Wildman–Crippen MR) is 138 cm³/mol. The summed E-state index contributed by atoms with van der Waals surface area (Å²) in [5.74, 6) is 1.42. The molecule has 0 amide bonds. The molecule has 172 valence electrons. The lowest BCUT2D eigenvalue weighted by Gasteiger charge is -2.29. The van der Waals surface area contributed by atoms with Crippen molar-refractivity contribution in [3.05, 3.63) is 102 Å². The Morgan fingerprint density at radius 3 is 2.41 bits per heavy atom. The van der Waals surface area contributed by atoms with Crippen molar-refractivity contribution in [2.45, 2.75) is 12.1 Å². The Bertz CT molecular complexity index is 1310. The molecular weight excluding hydrogens is 468 g/mol. The number of nitrogens with zero attached hydrogens (tertiary/aromatic N) is 3. The smallest absolute Gasteiger partial charge is 0.174 e. The average Bonchev–Trinajstić information content (AvgIpc) is 3.49. The van der Waals surface area contributed by atoms with E-state index in [1.165, 1.54) is 0 Å². The summed E-state index contributed by atoms with van der Waals surface area (Å²) < 4.78 is 12.8. The molecule has 2 atom stereocenters. The second kappa shape index (κ2) is 9.37. The molecule has 1 aliphatic heterocycles. The Labute approximate surface area is 208 Å². The van der Waals surface area contributed by atoms with E-state index in [0.29, 0.717) is 15.9 Å². The number of hydrogen-bond acceptors (Lipinski definition) is 4. The lowest BCUT2D eigenvalue weighted by atomic mass is 10.0. The zero-order valence-electron chi connectivity index (χ0n) is 18.7. The molecule has 2 aromatic carbocycles. The van der Waals surface area contributed by atoms with E-state index < -0.39 is 0 Å². The molecule has 1 aliphatic rings. The van der Waals surface area contributed by atoms with Crippen LogP contribution in [0.4, 0.5) is 5.69 Å². The minimum absolute atomic E-state index is 0.165. The summed E-state index contributed by atoms with van der Waals surface area (Å²) in [5, 5.41) is 4.61. The van der Waals surface area contributed by atoms with E-state index in [2.05, 4.69) is 25.8 Å². The summed E-state index contributed by atoms with van der Waals surface area (Å²) in [6.45, 7) is 0. The van der Waals surface area contributed by atoms with Gasteiger partial charge in [0.15, 0.2) is 5.11 Å². The molecule has 0 aliphatic carbocycles. The minimum Gasteiger partial charge on any atom is -0.497 e. The molecule has 34 heavy (non-hydrogen) atoms. The van der Waals surface area contributed by atoms with Gasteiger partial charge in [0.1, 0.15) is 17.5 Å². The summed E-state index contributed by atoms with van der Waals surface area (Å²) in [7, 11) is 3.27. The molecule has 8 heteroatoms. The molecule has 1 N–H and O–H groups in total. The Hall–Kier alpha value is -3.55. The summed E-state index contributed by atoms with van der Waals surface area (Å²) in [6.07, 6.45) is 3.85. The van der Waals surface area contributed by atoms with Gasteiger partial charge in [0.05, 0.1) is 31.0 Å². The highest BCUT2D eigenvalue weighted by Gasteiger charge is 2.42. The quantitative estimate of drug-likeness (QED) is 0.349. The molecule has 1 fully saturated rings. The maximum absolute atomic E-state index is 6.49. The molecule has 1 saturated heterocycles. The number of nitrogens with one attached hydrogen (secondary N) is 1. The summed E-state index contributed by atoms with van der Waals surface area (Å²) >= 11 is 12.3. The fourth-order valence-electron chi connectivity index (χ4n) is 4.35. The molecule has 6 nitrogen and oxygen atoms in total. The number of anilines is 1. The highest BCUT2D eigenvalue weighted by molar-refractivity contribution is 7.80. The van der Waals surface area contributed by atoms with Crippen molar-refractivity contribution in [2.24, 2.45) is 0 Å².